The summed E-state index contributed by atoms with van der Waals surface area (Å²) in [5.41, 5.74) is -0.365. The molecule has 8 N–H and O–H groups in total. The summed E-state index contributed by atoms with van der Waals surface area (Å²) >= 11 is 0. The predicted molar refractivity (Wildman–Crippen MR) is 129 cm³/mol. The van der Waals surface area contributed by atoms with E-state index in [4.69, 9.17) is 9.47 Å². The number of imide groups is 1. The number of phenols is 3. The van der Waals surface area contributed by atoms with E-state index in [-0.39, 0.29) is 11.1 Å². The van der Waals surface area contributed by atoms with Gasteiger partial charge in [-0.3, -0.25) is 24.6 Å². The topological polar surface area (TPSA) is 230 Å². The van der Waals surface area contributed by atoms with E-state index in [1.165, 1.54) is 17.4 Å². The molecule has 0 aliphatic carbocycles. The maximum Gasteiger partial charge on any atom is 0.303 e. The monoisotopic (exact) mass is 579 g/mol. The summed E-state index contributed by atoms with van der Waals surface area (Å²) in [6, 6.07) is 1.90. The van der Waals surface area contributed by atoms with Gasteiger partial charge in [-0.15, -0.1) is 0 Å². The molecule has 0 aromatic heterocycles. The lowest BCUT2D eigenvalue weighted by atomic mass is 9.90. The smallest absolute Gasteiger partial charge is 0.303 e. The number of rotatable bonds is 6. The average Bonchev–Trinajstić information content (AvgIpc) is 3.24. The van der Waals surface area contributed by atoms with Gasteiger partial charge in [0.05, 0.1) is 25.3 Å². The lowest BCUT2D eigenvalue weighted by molar-refractivity contribution is -0.355. The molecule has 0 saturated carbocycles. The highest BCUT2D eigenvalue weighted by Gasteiger charge is 2.67. The molecule has 3 heterocycles. The van der Waals surface area contributed by atoms with Crippen LogP contribution in [0.3, 0.4) is 0 Å². The van der Waals surface area contributed by atoms with Crippen molar-refractivity contribution in [3.05, 3.63) is 46.3 Å². The van der Waals surface area contributed by atoms with Crippen LogP contribution in [0.5, 0.6) is 23.0 Å². The lowest BCUT2D eigenvalue weighted by Gasteiger charge is -2.44. The molecule has 1 atom stereocenters. The van der Waals surface area contributed by atoms with Crippen molar-refractivity contribution in [1.29, 1.82) is 0 Å². The Labute approximate surface area is 230 Å². The van der Waals surface area contributed by atoms with Crippen LogP contribution in [0, 0.1) is 5.82 Å². The van der Waals surface area contributed by atoms with Crippen molar-refractivity contribution in [3.63, 3.8) is 0 Å². The molecule has 5 rings (SSSR count). The maximum atomic E-state index is 14.9. The molecule has 3 aliphatic rings. The van der Waals surface area contributed by atoms with Gasteiger partial charge in [0, 0.05) is 30.8 Å². The van der Waals surface area contributed by atoms with Crippen LogP contribution in [0.1, 0.15) is 27.0 Å². The van der Waals surface area contributed by atoms with E-state index in [1.54, 1.807) is 6.07 Å². The molecule has 0 bridgehead atoms. The average molecular weight is 579 g/mol. The Morgan fingerprint density at radius 2 is 1.71 bits per heavy atom. The van der Waals surface area contributed by atoms with Crippen molar-refractivity contribution >= 4 is 17.7 Å². The van der Waals surface area contributed by atoms with E-state index in [0.717, 1.165) is 0 Å². The Bertz CT molecular complexity index is 1440. The van der Waals surface area contributed by atoms with Gasteiger partial charge in [-0.2, -0.15) is 0 Å². The number of benzene rings is 2. The molecule has 16 heteroatoms. The van der Waals surface area contributed by atoms with Gasteiger partial charge in [0.2, 0.25) is 11.5 Å². The molecule has 0 spiro atoms. The van der Waals surface area contributed by atoms with E-state index >= 15 is 0 Å². The van der Waals surface area contributed by atoms with Crippen molar-refractivity contribution in [1.82, 2.24) is 15.1 Å². The Morgan fingerprint density at radius 3 is 2.37 bits per heavy atom. The predicted octanol–water partition coefficient (Wildman–Crippen LogP) is -2.30. The zero-order valence-corrected chi connectivity index (χ0v) is 21.2. The standard InChI is InChI=1S/C25H26FN3O12/c26-14-7-11(8-28-3-5-40-6-4-28)1-2-12(14)10-41-19-13-9-29(22(34)15(13)16(30)17(31)18(19)32)20-21(33)27-23(35)25(38,39)24(20,36)37/h1-2,7,20,30-32,36-39H,3-6,8-10H2,(H,27,33,35). The second kappa shape index (κ2) is 10.1. The number of carbonyl (C=O) groups is 3. The molecule has 0 radical (unpaired) electrons. The summed E-state index contributed by atoms with van der Waals surface area (Å²) in [4.78, 5) is 39.9. The van der Waals surface area contributed by atoms with Gasteiger partial charge < -0.3 is 50.1 Å². The van der Waals surface area contributed by atoms with E-state index in [1.807, 2.05) is 0 Å². The van der Waals surface area contributed by atoms with Crippen molar-refractivity contribution in [2.75, 3.05) is 26.3 Å². The van der Waals surface area contributed by atoms with Gasteiger partial charge in [-0.05, 0) is 11.6 Å². The van der Waals surface area contributed by atoms with Crippen LogP contribution < -0.4 is 10.1 Å². The van der Waals surface area contributed by atoms with Crippen molar-refractivity contribution < 1.29 is 64.0 Å². The third kappa shape index (κ3) is 4.59. The summed E-state index contributed by atoms with van der Waals surface area (Å²) in [5.74, 6) is -17.2. The first kappa shape index (κ1) is 28.5. The molecule has 41 heavy (non-hydrogen) atoms. The first-order valence-electron chi connectivity index (χ1n) is 12.3. The summed E-state index contributed by atoms with van der Waals surface area (Å²) in [6.07, 6.45) is 0. The number of aromatic hydroxyl groups is 3. The number of fused-ring (bicyclic) bond motifs is 1. The van der Waals surface area contributed by atoms with Crippen LogP contribution in [-0.4, -0.2) is 107 Å². The number of piperidine rings is 1. The minimum atomic E-state index is -3.93. The van der Waals surface area contributed by atoms with Gasteiger partial charge in [0.15, 0.2) is 17.5 Å². The minimum absolute atomic E-state index is 0.0258. The van der Waals surface area contributed by atoms with Crippen LogP contribution in [0.2, 0.25) is 0 Å². The highest BCUT2D eigenvalue weighted by molar-refractivity contribution is 6.10. The largest absolute Gasteiger partial charge is 0.504 e. The molecule has 2 aromatic carbocycles. The zero-order valence-electron chi connectivity index (χ0n) is 21.2. The first-order chi connectivity index (χ1) is 19.3. The van der Waals surface area contributed by atoms with Crippen LogP contribution in [0.25, 0.3) is 0 Å². The zero-order chi connectivity index (χ0) is 29.9. The number of ether oxygens (including phenoxy) is 2. The second-order valence-electron chi connectivity index (χ2n) is 9.88. The Morgan fingerprint density at radius 1 is 1.02 bits per heavy atom. The van der Waals surface area contributed by atoms with Gasteiger partial charge >= 0.3 is 5.79 Å². The molecule has 2 fully saturated rings. The number of hydrogen-bond donors (Lipinski definition) is 8. The number of halogens is 1. The van der Waals surface area contributed by atoms with Gasteiger partial charge in [0.1, 0.15) is 12.4 Å². The van der Waals surface area contributed by atoms with Gasteiger partial charge in [-0.1, -0.05) is 12.1 Å². The SMILES string of the molecule is O=C1NC(=O)C(O)(O)C(O)(O)C1N1Cc2c(OCc3ccc(CN4CCOCC4)cc3F)c(O)c(O)c(O)c2C1=O. The van der Waals surface area contributed by atoms with Crippen LogP contribution in [0.4, 0.5) is 4.39 Å². The van der Waals surface area contributed by atoms with Crippen molar-refractivity contribution in [2.24, 2.45) is 0 Å². The van der Waals surface area contributed by atoms with Gasteiger partial charge in [-0.25, -0.2) is 4.39 Å². The fraction of sp³-hybridized carbons (Fsp3) is 0.400. The van der Waals surface area contributed by atoms with E-state index < -0.39 is 82.9 Å². The van der Waals surface area contributed by atoms with Crippen LogP contribution in [-0.2, 0) is 34.0 Å². The molecule has 3 amide bonds. The number of nitrogens with one attached hydrogen (secondary N) is 1. The number of hydrogen-bond acceptors (Lipinski definition) is 13. The third-order valence-corrected chi connectivity index (χ3v) is 7.29. The highest BCUT2D eigenvalue weighted by Crippen LogP contribution is 2.51. The Hall–Kier alpha value is -4.06. The number of carbonyl (C=O) groups excluding carboxylic acids is 3. The molecule has 15 nitrogen and oxygen atoms in total. The van der Waals surface area contributed by atoms with E-state index in [9.17, 15) is 54.5 Å². The molecule has 220 valence electrons. The lowest BCUT2D eigenvalue weighted by Crippen LogP contribution is -2.79. The number of nitrogens with zero attached hydrogens (tertiary/aromatic N) is 2. The minimum Gasteiger partial charge on any atom is -0.504 e. The fourth-order valence-electron chi connectivity index (χ4n) is 5.01. The van der Waals surface area contributed by atoms with Gasteiger partial charge in [0.25, 0.3) is 23.5 Å². The summed E-state index contributed by atoms with van der Waals surface area (Å²) in [5, 5.41) is 73.2. The number of phenolic OH excluding ortho intramolecular Hbond substituents is 3. The van der Waals surface area contributed by atoms with Crippen molar-refractivity contribution in [2.45, 2.75) is 37.3 Å². The highest BCUT2D eigenvalue weighted by atomic mass is 19.1. The van der Waals surface area contributed by atoms with Crippen LogP contribution in [0.15, 0.2) is 18.2 Å². The number of amides is 3. The number of morpholine rings is 1. The van der Waals surface area contributed by atoms with Crippen LogP contribution >= 0.6 is 0 Å². The Kier molecular flexibility index (Phi) is 7.01. The summed E-state index contributed by atoms with van der Waals surface area (Å²) in [6.45, 7) is 1.69. The van der Waals surface area contributed by atoms with E-state index in [2.05, 4.69) is 4.90 Å². The summed E-state index contributed by atoms with van der Waals surface area (Å²) < 4.78 is 25.8. The summed E-state index contributed by atoms with van der Waals surface area (Å²) in [7, 11) is 0. The number of aliphatic hydroxyl groups is 4. The normalized spacial score (nSPS) is 22.0. The second-order valence-corrected chi connectivity index (χ2v) is 9.88. The van der Waals surface area contributed by atoms with E-state index in [0.29, 0.717) is 43.3 Å². The van der Waals surface area contributed by atoms with Crippen molar-refractivity contribution in [3.8, 4) is 23.0 Å². The fourth-order valence-corrected chi connectivity index (χ4v) is 5.01. The molecule has 1 unspecified atom stereocenters. The molecule has 2 saturated heterocycles. The first-order valence-corrected chi connectivity index (χ1v) is 12.3. The molecule has 2 aromatic rings. The molecule has 3 aliphatic heterocycles. The Balaban J connectivity index is 1.42. The maximum absolute atomic E-state index is 14.9. The quantitative estimate of drug-likeness (QED) is 0.102. The molecular formula is C25H26FN3O12. The molecular weight excluding hydrogens is 553 g/mol. The third-order valence-electron chi connectivity index (χ3n) is 7.29.